The van der Waals surface area contributed by atoms with Crippen LogP contribution in [0.25, 0.3) is 43.5 Å². The van der Waals surface area contributed by atoms with Crippen molar-refractivity contribution in [3.63, 3.8) is 0 Å². The van der Waals surface area contributed by atoms with Gasteiger partial charge in [0.15, 0.2) is 0 Å². The van der Waals surface area contributed by atoms with Crippen LogP contribution in [0.15, 0.2) is 112 Å². The topological polar surface area (TPSA) is 38.3 Å². The standard InChI is InChI=1S/C28H22NO2P/c1-19(20-9-3-2-4-10-20)29-32-30-25-17-15-21-11-5-7-13-23(21)27(25)28-24-14-8-6-12-22(24)16-18-26(28)31-32/h2-19,29H,1H3/t19-/m1/s1. The van der Waals surface area contributed by atoms with Crippen LogP contribution in [0.5, 0.6) is 0 Å². The third kappa shape index (κ3) is 3.27. The van der Waals surface area contributed by atoms with Crippen LogP contribution in [-0.4, -0.2) is 0 Å². The van der Waals surface area contributed by atoms with E-state index in [0.29, 0.717) is 0 Å². The first kappa shape index (κ1) is 19.2. The largest absolute Gasteiger partial charge is 0.408 e. The first-order valence-corrected chi connectivity index (χ1v) is 12.0. The third-order valence-corrected chi connectivity index (χ3v) is 7.32. The maximum Gasteiger partial charge on any atom is 0.307 e. The summed E-state index contributed by atoms with van der Waals surface area (Å²) in [7, 11) is -1.40. The van der Waals surface area contributed by atoms with Crippen molar-refractivity contribution in [1.29, 1.82) is 0 Å². The fourth-order valence-corrected chi connectivity index (χ4v) is 5.66. The second-order valence-electron chi connectivity index (χ2n) is 8.02. The second-order valence-corrected chi connectivity index (χ2v) is 9.16. The van der Waals surface area contributed by atoms with Gasteiger partial charge in [-0.05, 0) is 46.2 Å². The highest BCUT2D eigenvalue weighted by Gasteiger charge is 2.14. The van der Waals surface area contributed by atoms with Crippen molar-refractivity contribution in [2.75, 3.05) is 5.09 Å². The number of fused-ring (bicyclic) bond motifs is 7. The summed E-state index contributed by atoms with van der Waals surface area (Å²) in [5, 5.41) is 10.5. The van der Waals surface area contributed by atoms with Crippen molar-refractivity contribution < 1.29 is 8.39 Å². The van der Waals surface area contributed by atoms with Crippen molar-refractivity contribution in [2.24, 2.45) is 0 Å². The van der Waals surface area contributed by atoms with Gasteiger partial charge < -0.3 is 8.39 Å². The summed E-state index contributed by atoms with van der Waals surface area (Å²) in [5.74, 6) is 0. The molecule has 32 heavy (non-hydrogen) atoms. The fourth-order valence-electron chi connectivity index (χ4n) is 4.40. The molecule has 4 heteroatoms. The molecule has 0 amide bonds. The zero-order valence-electron chi connectivity index (χ0n) is 17.7. The summed E-state index contributed by atoms with van der Waals surface area (Å²) >= 11 is 0. The Balaban J connectivity index is 1.70. The van der Waals surface area contributed by atoms with Crippen molar-refractivity contribution in [1.82, 2.24) is 0 Å². The molecule has 0 saturated carbocycles. The minimum absolute atomic E-state index is 0.0909. The first-order valence-electron chi connectivity index (χ1n) is 10.8. The molecule has 3 nitrogen and oxygen atoms in total. The average molecular weight is 435 g/mol. The van der Waals surface area contributed by atoms with Gasteiger partial charge in [-0.15, -0.1) is 0 Å². The quantitative estimate of drug-likeness (QED) is 0.302. The maximum atomic E-state index is 6.52. The van der Waals surface area contributed by atoms with E-state index in [0.717, 1.165) is 21.9 Å². The highest BCUT2D eigenvalue weighted by atomic mass is 31.1. The molecule has 0 aliphatic rings. The third-order valence-electron chi connectivity index (χ3n) is 5.99. The minimum Gasteiger partial charge on any atom is -0.408 e. The molecule has 6 aromatic rings. The molecule has 1 atom stereocenters. The number of benzene rings is 5. The Morgan fingerprint density at radius 1 is 0.594 bits per heavy atom. The van der Waals surface area contributed by atoms with Gasteiger partial charge in [0.1, 0.15) is 11.2 Å². The molecule has 0 aliphatic heterocycles. The summed E-state index contributed by atoms with van der Waals surface area (Å²) in [6.45, 7) is 2.14. The lowest BCUT2D eigenvalue weighted by Gasteiger charge is -2.11. The van der Waals surface area contributed by atoms with Crippen LogP contribution < -0.4 is 5.09 Å². The summed E-state index contributed by atoms with van der Waals surface area (Å²) in [5.41, 5.74) is 2.89. The van der Waals surface area contributed by atoms with E-state index in [1.807, 2.05) is 6.07 Å². The lowest BCUT2D eigenvalue weighted by molar-refractivity contribution is 0.637. The lowest BCUT2D eigenvalue weighted by Crippen LogP contribution is -2.02. The highest BCUT2D eigenvalue weighted by molar-refractivity contribution is 7.38. The Bertz CT molecular complexity index is 1520. The highest BCUT2D eigenvalue weighted by Crippen LogP contribution is 2.41. The van der Waals surface area contributed by atoms with Gasteiger partial charge in [0.2, 0.25) is 0 Å². The molecule has 0 aliphatic carbocycles. The fraction of sp³-hybridized carbons (Fsp3) is 0.0714. The summed E-state index contributed by atoms with van der Waals surface area (Å²) < 4.78 is 13.0. The van der Waals surface area contributed by atoms with Gasteiger partial charge in [0.05, 0.1) is 0 Å². The predicted octanol–water partition coefficient (Wildman–Crippen LogP) is 8.90. The molecular weight excluding hydrogens is 413 g/mol. The van der Waals surface area contributed by atoms with E-state index < -0.39 is 8.16 Å². The van der Waals surface area contributed by atoms with Gasteiger partial charge in [0, 0.05) is 16.8 Å². The second kappa shape index (κ2) is 7.87. The normalized spacial score (nSPS) is 12.5. The van der Waals surface area contributed by atoms with Crippen LogP contribution in [0.4, 0.5) is 0 Å². The molecule has 0 saturated heterocycles. The summed E-state index contributed by atoms with van der Waals surface area (Å²) in [4.78, 5) is 0. The van der Waals surface area contributed by atoms with E-state index in [1.54, 1.807) is 0 Å². The van der Waals surface area contributed by atoms with E-state index in [1.165, 1.54) is 27.1 Å². The zero-order chi connectivity index (χ0) is 21.5. The molecule has 1 aromatic heterocycles. The molecule has 0 unspecified atom stereocenters. The van der Waals surface area contributed by atoms with Gasteiger partial charge in [-0.2, -0.15) is 0 Å². The molecule has 156 valence electrons. The molecule has 1 heterocycles. The SMILES string of the molecule is C[C@@H](Np1oc2ccc3ccccc3c2c2c(ccc3ccccc32)o1)c1ccccc1. The Morgan fingerprint density at radius 2 is 1.09 bits per heavy atom. The lowest BCUT2D eigenvalue weighted by atomic mass is 9.99. The molecule has 0 spiro atoms. The minimum atomic E-state index is -1.40. The van der Waals surface area contributed by atoms with Crippen molar-refractivity contribution in [3.05, 3.63) is 109 Å². The van der Waals surface area contributed by atoms with Crippen LogP contribution in [0.1, 0.15) is 18.5 Å². The van der Waals surface area contributed by atoms with Gasteiger partial charge in [-0.25, -0.2) is 5.09 Å². The van der Waals surface area contributed by atoms with Gasteiger partial charge in [-0.1, -0.05) is 91.0 Å². The van der Waals surface area contributed by atoms with Crippen LogP contribution >= 0.6 is 8.16 Å². The predicted molar refractivity (Wildman–Crippen MR) is 136 cm³/mol. The van der Waals surface area contributed by atoms with Crippen molar-refractivity contribution in [2.45, 2.75) is 13.0 Å². The molecule has 6 rings (SSSR count). The number of hydrogen-bond acceptors (Lipinski definition) is 3. The van der Waals surface area contributed by atoms with E-state index in [2.05, 4.69) is 109 Å². The molecular formula is C28H22NO2P. The molecule has 0 fully saturated rings. The Kier molecular flexibility index (Phi) is 4.72. The monoisotopic (exact) mass is 435 g/mol. The smallest absolute Gasteiger partial charge is 0.307 e. The van der Waals surface area contributed by atoms with Crippen LogP contribution in [0.3, 0.4) is 0 Å². The average Bonchev–Trinajstić information content (AvgIpc) is 3.01. The van der Waals surface area contributed by atoms with Crippen LogP contribution in [0.2, 0.25) is 0 Å². The van der Waals surface area contributed by atoms with E-state index in [-0.39, 0.29) is 6.04 Å². The number of hydrogen-bond donors (Lipinski definition) is 1. The van der Waals surface area contributed by atoms with Crippen molar-refractivity contribution in [3.8, 4) is 0 Å². The van der Waals surface area contributed by atoms with Crippen LogP contribution in [-0.2, 0) is 0 Å². The van der Waals surface area contributed by atoms with Gasteiger partial charge in [-0.3, -0.25) is 0 Å². The molecule has 5 aromatic carbocycles. The van der Waals surface area contributed by atoms with E-state index in [4.69, 9.17) is 8.39 Å². The zero-order valence-corrected chi connectivity index (χ0v) is 18.6. The first-order chi connectivity index (χ1) is 15.8. The molecule has 0 radical (unpaired) electrons. The Labute approximate surface area is 186 Å². The number of nitrogens with one attached hydrogen (secondary N) is 1. The van der Waals surface area contributed by atoms with Gasteiger partial charge in [0.25, 0.3) is 0 Å². The Morgan fingerprint density at radius 3 is 1.66 bits per heavy atom. The summed E-state index contributed by atoms with van der Waals surface area (Å²) in [6.07, 6.45) is 0. The maximum absolute atomic E-state index is 6.52. The van der Waals surface area contributed by atoms with E-state index >= 15 is 0 Å². The molecule has 1 N–H and O–H groups in total. The summed E-state index contributed by atoms with van der Waals surface area (Å²) in [6, 6.07) is 35.8. The Hall–Kier alpha value is -3.52. The van der Waals surface area contributed by atoms with Crippen molar-refractivity contribution >= 4 is 51.6 Å². The van der Waals surface area contributed by atoms with E-state index in [9.17, 15) is 0 Å². The van der Waals surface area contributed by atoms with Gasteiger partial charge >= 0.3 is 8.16 Å². The molecule has 0 bridgehead atoms. The van der Waals surface area contributed by atoms with Crippen LogP contribution in [0, 0.1) is 0 Å². The number of rotatable bonds is 3.